The van der Waals surface area contributed by atoms with Crippen molar-refractivity contribution in [1.82, 2.24) is 0 Å². The summed E-state index contributed by atoms with van der Waals surface area (Å²) >= 11 is 0. The van der Waals surface area contributed by atoms with Crippen molar-refractivity contribution in [2.24, 2.45) is 0 Å². The molecule has 0 bridgehead atoms. The highest BCUT2D eigenvalue weighted by Gasteiger charge is 2.17. The Labute approximate surface area is 422 Å². The van der Waals surface area contributed by atoms with Gasteiger partial charge in [-0.05, 0) is 116 Å². The van der Waals surface area contributed by atoms with Gasteiger partial charge < -0.3 is 14.2 Å². The third kappa shape index (κ3) is 55.7. The summed E-state index contributed by atoms with van der Waals surface area (Å²) in [4.78, 5) is 25.5. The van der Waals surface area contributed by atoms with Crippen LogP contribution in [0.1, 0.15) is 278 Å². The van der Waals surface area contributed by atoms with Gasteiger partial charge in [-0.2, -0.15) is 0 Å². The molecule has 0 aliphatic rings. The second-order valence-electron chi connectivity index (χ2n) is 19.2. The molecule has 0 rings (SSSR count). The van der Waals surface area contributed by atoms with Crippen molar-refractivity contribution in [3.63, 3.8) is 0 Å². The van der Waals surface area contributed by atoms with Crippen LogP contribution in [-0.4, -0.2) is 37.9 Å². The van der Waals surface area contributed by atoms with E-state index >= 15 is 0 Å². The van der Waals surface area contributed by atoms with Crippen LogP contribution in [0, 0.1) is 0 Å². The summed E-state index contributed by atoms with van der Waals surface area (Å²) < 4.78 is 17.5. The molecule has 0 aromatic carbocycles. The van der Waals surface area contributed by atoms with E-state index < -0.39 is 6.10 Å². The number of carbonyl (C=O) groups excluding carboxylic acids is 2. The molecule has 0 aromatic rings. The van der Waals surface area contributed by atoms with E-state index in [0.717, 1.165) is 89.9 Å². The van der Waals surface area contributed by atoms with Crippen molar-refractivity contribution in [1.29, 1.82) is 0 Å². The maximum Gasteiger partial charge on any atom is 0.306 e. The van der Waals surface area contributed by atoms with Crippen LogP contribution < -0.4 is 0 Å². The first-order chi connectivity index (χ1) is 33.6. The second-order valence-corrected chi connectivity index (χ2v) is 19.2. The predicted molar refractivity (Wildman–Crippen MR) is 297 cm³/mol. The number of unbranched alkanes of at least 4 members (excludes halogenated alkanes) is 28. The van der Waals surface area contributed by atoms with E-state index in [-0.39, 0.29) is 25.2 Å². The van der Waals surface area contributed by atoms with E-state index in [9.17, 15) is 9.59 Å². The van der Waals surface area contributed by atoms with Crippen molar-refractivity contribution in [2.45, 2.75) is 284 Å². The zero-order valence-electron chi connectivity index (χ0n) is 45.1. The molecule has 5 nitrogen and oxygen atoms in total. The number of hydrogen-bond acceptors (Lipinski definition) is 5. The molecule has 5 heteroatoms. The average molecular weight is 948 g/mol. The Kier molecular flexibility index (Phi) is 55.9. The molecule has 0 spiro atoms. The third-order valence-corrected chi connectivity index (χ3v) is 12.4. The summed E-state index contributed by atoms with van der Waals surface area (Å²) in [5, 5.41) is 0. The van der Waals surface area contributed by atoms with Gasteiger partial charge in [-0.1, -0.05) is 234 Å². The highest BCUT2D eigenvalue weighted by Crippen LogP contribution is 2.14. The molecule has 0 aromatic heterocycles. The number of esters is 2. The molecule has 0 amide bonds. The van der Waals surface area contributed by atoms with Crippen LogP contribution >= 0.6 is 0 Å². The van der Waals surface area contributed by atoms with Gasteiger partial charge in [0.15, 0.2) is 6.10 Å². The standard InChI is InChI=1S/C63H110O5/c1-4-7-10-13-16-19-22-25-28-31-32-34-35-38-41-44-47-50-53-56-62(64)67-60-61(59-66-58-55-52-49-46-43-40-37-30-27-24-21-18-15-12-9-6-3)68-63(65)57-54-51-48-45-42-39-36-33-29-26-23-20-17-14-11-8-5-2/h7,10,16,18-19,21,25-30,32,34,61H,4-6,8-9,11-15,17,20,22-24,31,33,35-60H2,1-3H3/b10-7-,19-16-,21-18-,28-25-,29-26-,30-27-,34-32-. The molecule has 0 radical (unpaired) electrons. The van der Waals surface area contributed by atoms with Crippen molar-refractivity contribution >= 4 is 11.9 Å². The van der Waals surface area contributed by atoms with Crippen molar-refractivity contribution in [3.05, 3.63) is 85.1 Å². The highest BCUT2D eigenvalue weighted by atomic mass is 16.6. The number of ether oxygens (including phenoxy) is 3. The van der Waals surface area contributed by atoms with E-state index in [1.807, 2.05) is 0 Å². The van der Waals surface area contributed by atoms with E-state index in [0.29, 0.717) is 19.4 Å². The van der Waals surface area contributed by atoms with Gasteiger partial charge >= 0.3 is 11.9 Å². The predicted octanol–water partition coefficient (Wildman–Crippen LogP) is 20.0. The fraction of sp³-hybridized carbons (Fsp3) is 0.746. The molecule has 0 aliphatic heterocycles. The third-order valence-electron chi connectivity index (χ3n) is 12.4. The zero-order chi connectivity index (χ0) is 49.2. The van der Waals surface area contributed by atoms with E-state index in [2.05, 4.69) is 106 Å². The Bertz CT molecular complexity index is 1250. The Morgan fingerprint density at radius 1 is 0.338 bits per heavy atom. The normalized spacial score (nSPS) is 12.8. The lowest BCUT2D eigenvalue weighted by molar-refractivity contribution is -0.163. The summed E-state index contributed by atoms with van der Waals surface area (Å²) in [5.74, 6) is -0.419. The first-order valence-electron chi connectivity index (χ1n) is 29.1. The van der Waals surface area contributed by atoms with Gasteiger partial charge in [-0.3, -0.25) is 9.59 Å². The van der Waals surface area contributed by atoms with Crippen molar-refractivity contribution in [3.8, 4) is 0 Å². The largest absolute Gasteiger partial charge is 0.462 e. The Balaban J connectivity index is 4.33. The smallest absolute Gasteiger partial charge is 0.306 e. The lowest BCUT2D eigenvalue weighted by Crippen LogP contribution is -2.30. The van der Waals surface area contributed by atoms with Crippen LogP contribution in [0.15, 0.2) is 85.1 Å². The van der Waals surface area contributed by atoms with Gasteiger partial charge in [0, 0.05) is 19.4 Å². The number of carbonyl (C=O) groups is 2. The molecule has 0 heterocycles. The van der Waals surface area contributed by atoms with Crippen LogP contribution in [0.4, 0.5) is 0 Å². The summed E-state index contributed by atoms with van der Waals surface area (Å²) in [6.07, 6.45) is 77.4. The van der Waals surface area contributed by atoms with Gasteiger partial charge in [0.1, 0.15) is 6.61 Å². The van der Waals surface area contributed by atoms with Crippen molar-refractivity contribution in [2.75, 3.05) is 19.8 Å². The average Bonchev–Trinajstić information content (AvgIpc) is 3.34. The zero-order valence-corrected chi connectivity index (χ0v) is 45.1. The minimum atomic E-state index is -0.555. The van der Waals surface area contributed by atoms with Crippen LogP contribution in [-0.2, 0) is 23.8 Å². The lowest BCUT2D eigenvalue weighted by Gasteiger charge is -2.18. The first kappa shape index (κ1) is 65.1. The maximum atomic E-state index is 12.9. The van der Waals surface area contributed by atoms with Gasteiger partial charge in [-0.15, -0.1) is 0 Å². The number of rotatable bonds is 53. The van der Waals surface area contributed by atoms with Crippen LogP contribution in [0.25, 0.3) is 0 Å². The molecule has 392 valence electrons. The van der Waals surface area contributed by atoms with Crippen LogP contribution in [0.2, 0.25) is 0 Å². The first-order valence-corrected chi connectivity index (χ1v) is 29.1. The molecule has 0 aliphatic carbocycles. The minimum absolute atomic E-state index is 0.0692. The second kappa shape index (κ2) is 58.4. The molecule has 0 saturated carbocycles. The fourth-order valence-electron chi connectivity index (χ4n) is 8.06. The molecule has 0 fully saturated rings. The molecular weight excluding hydrogens is 837 g/mol. The molecular formula is C63H110O5. The summed E-state index contributed by atoms with van der Waals surface area (Å²) in [6, 6.07) is 0. The quantitative estimate of drug-likeness (QED) is 0.0345. The summed E-state index contributed by atoms with van der Waals surface area (Å²) in [5.41, 5.74) is 0. The topological polar surface area (TPSA) is 61.8 Å². The van der Waals surface area contributed by atoms with Gasteiger partial charge in [0.2, 0.25) is 0 Å². The summed E-state index contributed by atoms with van der Waals surface area (Å²) in [6.45, 7) is 7.67. The van der Waals surface area contributed by atoms with Crippen molar-refractivity contribution < 1.29 is 23.8 Å². The summed E-state index contributed by atoms with van der Waals surface area (Å²) in [7, 11) is 0. The highest BCUT2D eigenvalue weighted by molar-refractivity contribution is 5.70. The molecule has 1 unspecified atom stereocenters. The minimum Gasteiger partial charge on any atom is -0.462 e. The van der Waals surface area contributed by atoms with Crippen LogP contribution in [0.3, 0.4) is 0 Å². The Morgan fingerprint density at radius 2 is 0.662 bits per heavy atom. The van der Waals surface area contributed by atoms with Crippen LogP contribution in [0.5, 0.6) is 0 Å². The lowest BCUT2D eigenvalue weighted by atomic mass is 10.1. The number of hydrogen-bond donors (Lipinski definition) is 0. The maximum absolute atomic E-state index is 12.9. The molecule has 1 atom stereocenters. The van der Waals surface area contributed by atoms with E-state index in [1.54, 1.807) is 0 Å². The van der Waals surface area contributed by atoms with Gasteiger partial charge in [-0.25, -0.2) is 0 Å². The number of allylic oxidation sites excluding steroid dienone is 14. The molecule has 0 saturated heterocycles. The monoisotopic (exact) mass is 947 g/mol. The Hall–Kier alpha value is -2.92. The van der Waals surface area contributed by atoms with Gasteiger partial charge in [0.25, 0.3) is 0 Å². The van der Waals surface area contributed by atoms with E-state index in [4.69, 9.17) is 14.2 Å². The molecule has 68 heavy (non-hydrogen) atoms. The van der Waals surface area contributed by atoms with E-state index in [1.165, 1.54) is 154 Å². The SMILES string of the molecule is CC/C=C\C/C=C\C/C=C\C/C=C\CCCCCCCCC(=O)OCC(COCCCCCCCC/C=C\C/C=C\CCCCC)OC(=O)CCCCCCCCC/C=C\CCCCCCCC. The van der Waals surface area contributed by atoms with Gasteiger partial charge in [0.05, 0.1) is 6.61 Å². The molecule has 0 N–H and O–H groups in total. The fourth-order valence-corrected chi connectivity index (χ4v) is 8.06. The Morgan fingerprint density at radius 3 is 1.10 bits per heavy atom.